The molecule has 5 heteroatoms. The predicted molar refractivity (Wildman–Crippen MR) is 89.4 cm³/mol. The second kappa shape index (κ2) is 6.27. The highest BCUT2D eigenvalue weighted by molar-refractivity contribution is 5.95. The molecule has 0 aliphatic rings. The third-order valence-corrected chi connectivity index (χ3v) is 3.55. The molecule has 3 aromatic rings. The lowest BCUT2D eigenvalue weighted by Gasteiger charge is -2.07. The number of non-ortho nitro benzene ring substituents is 1. The van der Waals surface area contributed by atoms with Crippen LogP contribution < -0.4 is 5.32 Å². The minimum absolute atomic E-state index is 0.0173. The van der Waals surface area contributed by atoms with Crippen LogP contribution in [0.1, 0.15) is 5.56 Å². The maximum atomic E-state index is 12.1. The summed E-state index contributed by atoms with van der Waals surface area (Å²) in [4.78, 5) is 22.2. The Kier molecular flexibility index (Phi) is 4.01. The average molecular weight is 306 g/mol. The molecule has 0 unspecified atom stereocenters. The van der Waals surface area contributed by atoms with E-state index < -0.39 is 4.92 Å². The van der Waals surface area contributed by atoms with Crippen molar-refractivity contribution in [2.75, 3.05) is 5.32 Å². The maximum Gasteiger partial charge on any atom is 0.269 e. The Hall–Kier alpha value is -3.21. The van der Waals surface area contributed by atoms with Gasteiger partial charge in [0.05, 0.1) is 11.3 Å². The molecular formula is C18H14N2O3. The number of nitrogens with one attached hydrogen (secondary N) is 1. The first-order valence-corrected chi connectivity index (χ1v) is 7.14. The minimum atomic E-state index is -0.459. The lowest BCUT2D eigenvalue weighted by atomic mass is 10.1. The van der Waals surface area contributed by atoms with Crippen LogP contribution in [0.2, 0.25) is 0 Å². The van der Waals surface area contributed by atoms with Gasteiger partial charge >= 0.3 is 0 Å². The fraction of sp³-hybridized carbons (Fsp3) is 0.0556. The van der Waals surface area contributed by atoms with Gasteiger partial charge in [0.1, 0.15) is 0 Å². The molecule has 3 aromatic carbocycles. The summed E-state index contributed by atoms with van der Waals surface area (Å²) in [6.07, 6.45) is 0.171. The van der Waals surface area contributed by atoms with Crippen molar-refractivity contribution < 1.29 is 9.72 Å². The van der Waals surface area contributed by atoms with Gasteiger partial charge in [-0.3, -0.25) is 14.9 Å². The second-order valence-corrected chi connectivity index (χ2v) is 5.21. The van der Waals surface area contributed by atoms with E-state index in [1.165, 1.54) is 12.1 Å². The molecule has 5 nitrogen and oxygen atoms in total. The van der Waals surface area contributed by atoms with E-state index in [1.807, 2.05) is 42.5 Å². The largest absolute Gasteiger partial charge is 0.326 e. The number of anilines is 1. The van der Waals surface area contributed by atoms with Gasteiger partial charge in [0.15, 0.2) is 0 Å². The summed E-state index contributed by atoms with van der Waals surface area (Å²) in [6, 6.07) is 19.6. The van der Waals surface area contributed by atoms with Gasteiger partial charge in [0, 0.05) is 17.8 Å². The van der Waals surface area contributed by atoms with Crippen molar-refractivity contribution in [1.82, 2.24) is 0 Å². The molecule has 114 valence electrons. The van der Waals surface area contributed by atoms with Crippen LogP contribution in [0.4, 0.5) is 11.4 Å². The van der Waals surface area contributed by atoms with Crippen LogP contribution in [0.15, 0.2) is 66.7 Å². The van der Waals surface area contributed by atoms with E-state index in [2.05, 4.69) is 5.32 Å². The average Bonchev–Trinajstić information content (AvgIpc) is 2.55. The van der Waals surface area contributed by atoms with E-state index >= 15 is 0 Å². The topological polar surface area (TPSA) is 72.2 Å². The summed E-state index contributed by atoms with van der Waals surface area (Å²) in [5.41, 5.74) is 1.48. The highest BCUT2D eigenvalue weighted by Gasteiger charge is 2.08. The SMILES string of the molecule is O=C(Cc1ccc([N+](=O)[O-])cc1)Nc1ccc2ccccc2c1. The van der Waals surface area contributed by atoms with E-state index in [9.17, 15) is 14.9 Å². The summed E-state index contributed by atoms with van der Waals surface area (Å²) >= 11 is 0. The number of nitro groups is 1. The van der Waals surface area contributed by atoms with E-state index in [1.54, 1.807) is 12.1 Å². The lowest BCUT2D eigenvalue weighted by molar-refractivity contribution is -0.384. The molecule has 0 saturated carbocycles. The number of rotatable bonds is 4. The van der Waals surface area contributed by atoms with Gasteiger partial charge < -0.3 is 5.32 Å². The molecule has 0 spiro atoms. The molecule has 0 atom stereocenters. The van der Waals surface area contributed by atoms with Crippen molar-refractivity contribution in [3.8, 4) is 0 Å². The first-order valence-electron chi connectivity index (χ1n) is 7.14. The summed E-state index contributed by atoms with van der Waals surface area (Å²) < 4.78 is 0. The molecule has 0 aliphatic heterocycles. The summed E-state index contributed by atoms with van der Waals surface area (Å²) in [5, 5.41) is 15.6. The molecule has 0 bridgehead atoms. The Labute approximate surface area is 132 Å². The third-order valence-electron chi connectivity index (χ3n) is 3.55. The molecular weight excluding hydrogens is 292 g/mol. The summed E-state index contributed by atoms with van der Waals surface area (Å²) in [6.45, 7) is 0. The Morgan fingerprint density at radius 3 is 2.35 bits per heavy atom. The third kappa shape index (κ3) is 3.52. The summed E-state index contributed by atoms with van der Waals surface area (Å²) in [7, 11) is 0. The molecule has 0 aromatic heterocycles. The van der Waals surface area contributed by atoms with Crippen molar-refractivity contribution in [1.29, 1.82) is 0 Å². The van der Waals surface area contributed by atoms with Crippen LogP contribution in [0.3, 0.4) is 0 Å². The standard InChI is InChI=1S/C18H14N2O3/c21-18(11-13-5-9-17(10-6-13)20(22)23)19-16-8-7-14-3-1-2-4-15(14)12-16/h1-10,12H,11H2,(H,19,21). The number of carbonyl (C=O) groups excluding carboxylic acids is 1. The maximum absolute atomic E-state index is 12.1. The Balaban J connectivity index is 1.69. The first-order chi connectivity index (χ1) is 11.1. The smallest absolute Gasteiger partial charge is 0.269 e. The van der Waals surface area contributed by atoms with Gasteiger partial charge in [0.25, 0.3) is 5.69 Å². The summed E-state index contributed by atoms with van der Waals surface area (Å²) in [5.74, 6) is -0.158. The quantitative estimate of drug-likeness (QED) is 0.586. The van der Waals surface area contributed by atoms with Crippen LogP contribution >= 0.6 is 0 Å². The first kappa shape index (κ1) is 14.7. The van der Waals surface area contributed by atoms with Gasteiger partial charge in [-0.2, -0.15) is 0 Å². The Morgan fingerprint density at radius 2 is 1.65 bits per heavy atom. The number of hydrogen-bond donors (Lipinski definition) is 1. The van der Waals surface area contributed by atoms with Crippen molar-refractivity contribution in [3.63, 3.8) is 0 Å². The van der Waals surface area contributed by atoms with Crippen molar-refractivity contribution in [2.45, 2.75) is 6.42 Å². The van der Waals surface area contributed by atoms with E-state index in [0.717, 1.165) is 22.0 Å². The zero-order valence-electron chi connectivity index (χ0n) is 12.2. The molecule has 1 amide bonds. The van der Waals surface area contributed by atoms with Gasteiger partial charge in [-0.1, -0.05) is 42.5 Å². The van der Waals surface area contributed by atoms with Crippen LogP contribution in [0.25, 0.3) is 10.8 Å². The van der Waals surface area contributed by atoms with Crippen molar-refractivity contribution in [3.05, 3.63) is 82.4 Å². The molecule has 3 rings (SSSR count). The normalized spacial score (nSPS) is 10.4. The Bertz CT molecular complexity index is 873. The zero-order valence-corrected chi connectivity index (χ0v) is 12.2. The van der Waals surface area contributed by atoms with Crippen LogP contribution in [-0.4, -0.2) is 10.8 Å². The molecule has 0 radical (unpaired) electrons. The molecule has 0 fully saturated rings. The van der Waals surface area contributed by atoms with Crippen molar-refractivity contribution in [2.24, 2.45) is 0 Å². The lowest BCUT2D eigenvalue weighted by Crippen LogP contribution is -2.14. The number of carbonyl (C=O) groups is 1. The highest BCUT2D eigenvalue weighted by atomic mass is 16.6. The van der Waals surface area contributed by atoms with E-state index in [0.29, 0.717) is 0 Å². The number of fused-ring (bicyclic) bond motifs is 1. The Morgan fingerprint density at radius 1 is 0.957 bits per heavy atom. The number of nitro benzene ring substituents is 1. The van der Waals surface area contributed by atoms with E-state index in [-0.39, 0.29) is 18.0 Å². The monoisotopic (exact) mass is 306 g/mol. The minimum Gasteiger partial charge on any atom is -0.326 e. The van der Waals surface area contributed by atoms with Crippen molar-refractivity contribution >= 4 is 28.1 Å². The van der Waals surface area contributed by atoms with Gasteiger partial charge in [-0.05, 0) is 28.5 Å². The zero-order chi connectivity index (χ0) is 16.2. The number of benzene rings is 3. The van der Waals surface area contributed by atoms with Crippen LogP contribution in [0, 0.1) is 10.1 Å². The fourth-order valence-corrected chi connectivity index (χ4v) is 2.39. The van der Waals surface area contributed by atoms with Gasteiger partial charge in [-0.15, -0.1) is 0 Å². The molecule has 1 N–H and O–H groups in total. The number of hydrogen-bond acceptors (Lipinski definition) is 3. The number of nitrogens with zero attached hydrogens (tertiary/aromatic N) is 1. The van der Waals surface area contributed by atoms with Crippen LogP contribution in [-0.2, 0) is 11.2 Å². The van der Waals surface area contributed by atoms with E-state index in [4.69, 9.17) is 0 Å². The second-order valence-electron chi connectivity index (χ2n) is 5.21. The van der Waals surface area contributed by atoms with Gasteiger partial charge in [0.2, 0.25) is 5.91 Å². The van der Waals surface area contributed by atoms with Crippen LogP contribution in [0.5, 0.6) is 0 Å². The predicted octanol–water partition coefficient (Wildman–Crippen LogP) is 3.93. The highest BCUT2D eigenvalue weighted by Crippen LogP contribution is 2.19. The van der Waals surface area contributed by atoms with Gasteiger partial charge in [-0.25, -0.2) is 0 Å². The number of amides is 1. The molecule has 23 heavy (non-hydrogen) atoms. The molecule has 0 aliphatic carbocycles. The molecule has 0 heterocycles. The molecule has 0 saturated heterocycles. The fourth-order valence-electron chi connectivity index (χ4n) is 2.39.